The first-order valence-corrected chi connectivity index (χ1v) is 10.8. The molecule has 1 saturated heterocycles. The van der Waals surface area contributed by atoms with Crippen molar-refractivity contribution in [2.75, 3.05) is 26.2 Å². The van der Waals surface area contributed by atoms with Gasteiger partial charge in [-0.3, -0.25) is 14.9 Å². The molecule has 0 N–H and O–H groups in total. The zero-order chi connectivity index (χ0) is 21.3. The highest BCUT2D eigenvalue weighted by Gasteiger charge is 2.31. The van der Waals surface area contributed by atoms with E-state index in [0.717, 1.165) is 10.8 Å². The Morgan fingerprint density at radius 1 is 0.867 bits per heavy atom. The van der Waals surface area contributed by atoms with Crippen LogP contribution in [0.1, 0.15) is 10.4 Å². The lowest BCUT2D eigenvalue weighted by Gasteiger charge is -2.34. The molecule has 9 heteroatoms. The summed E-state index contributed by atoms with van der Waals surface area (Å²) in [6.07, 6.45) is 0. The number of sulfonamides is 1. The Labute approximate surface area is 173 Å². The fraction of sp³-hybridized carbons (Fsp3) is 0.190. The molecular formula is C21H19N3O5S. The lowest BCUT2D eigenvalue weighted by Crippen LogP contribution is -2.50. The standard InChI is InChI=1S/C21H19N3O5S/c25-21(20-7-3-5-16-4-1-2-6-19(16)20)22-12-14-23(15-13-22)30(28,29)18-10-8-17(9-11-18)24(26)27/h1-11H,12-15H2. The summed E-state index contributed by atoms with van der Waals surface area (Å²) in [6, 6.07) is 18.0. The van der Waals surface area contributed by atoms with Crippen LogP contribution in [0.2, 0.25) is 0 Å². The second-order valence-electron chi connectivity index (χ2n) is 6.97. The van der Waals surface area contributed by atoms with Crippen LogP contribution >= 0.6 is 0 Å². The number of carbonyl (C=O) groups is 1. The van der Waals surface area contributed by atoms with Gasteiger partial charge in [-0.1, -0.05) is 36.4 Å². The molecule has 154 valence electrons. The number of fused-ring (bicyclic) bond motifs is 1. The molecule has 8 nitrogen and oxygen atoms in total. The predicted molar refractivity (Wildman–Crippen MR) is 112 cm³/mol. The maximum absolute atomic E-state index is 13.0. The van der Waals surface area contributed by atoms with Gasteiger partial charge in [-0.15, -0.1) is 0 Å². The average molecular weight is 425 g/mol. The maximum Gasteiger partial charge on any atom is 0.269 e. The molecule has 4 rings (SSSR count). The fourth-order valence-corrected chi connectivity index (χ4v) is 5.02. The van der Waals surface area contributed by atoms with Crippen LogP contribution < -0.4 is 0 Å². The largest absolute Gasteiger partial charge is 0.336 e. The van der Waals surface area contributed by atoms with Gasteiger partial charge in [0.15, 0.2) is 0 Å². The quantitative estimate of drug-likeness (QED) is 0.473. The molecule has 1 aliphatic rings. The van der Waals surface area contributed by atoms with E-state index in [1.807, 2.05) is 36.4 Å². The minimum Gasteiger partial charge on any atom is -0.336 e. The Balaban J connectivity index is 1.49. The Morgan fingerprint density at radius 2 is 1.50 bits per heavy atom. The summed E-state index contributed by atoms with van der Waals surface area (Å²) in [5.74, 6) is -0.126. The zero-order valence-corrected chi connectivity index (χ0v) is 16.8. The van der Waals surface area contributed by atoms with Crippen molar-refractivity contribution in [1.29, 1.82) is 0 Å². The number of nitrogens with zero attached hydrogens (tertiary/aromatic N) is 3. The zero-order valence-electron chi connectivity index (χ0n) is 16.0. The van der Waals surface area contributed by atoms with E-state index in [1.54, 1.807) is 11.0 Å². The van der Waals surface area contributed by atoms with E-state index in [1.165, 1.54) is 28.6 Å². The van der Waals surface area contributed by atoms with Crippen molar-refractivity contribution in [2.45, 2.75) is 4.90 Å². The highest BCUT2D eigenvalue weighted by molar-refractivity contribution is 7.89. The second-order valence-corrected chi connectivity index (χ2v) is 8.91. The van der Waals surface area contributed by atoms with Gasteiger partial charge in [0.1, 0.15) is 0 Å². The molecule has 3 aromatic carbocycles. The van der Waals surface area contributed by atoms with Crippen molar-refractivity contribution < 1.29 is 18.1 Å². The van der Waals surface area contributed by atoms with Gasteiger partial charge in [0.2, 0.25) is 10.0 Å². The number of hydrogen-bond acceptors (Lipinski definition) is 5. The number of piperazine rings is 1. The minimum atomic E-state index is -3.78. The molecule has 0 saturated carbocycles. The number of non-ortho nitro benzene ring substituents is 1. The van der Waals surface area contributed by atoms with E-state index in [4.69, 9.17) is 0 Å². The molecule has 0 aliphatic carbocycles. The molecule has 30 heavy (non-hydrogen) atoms. The first-order valence-electron chi connectivity index (χ1n) is 9.39. The van der Waals surface area contributed by atoms with Crippen molar-refractivity contribution in [3.8, 4) is 0 Å². The number of benzene rings is 3. The Morgan fingerprint density at radius 3 is 2.17 bits per heavy atom. The van der Waals surface area contributed by atoms with Crippen molar-refractivity contribution in [3.63, 3.8) is 0 Å². The molecule has 3 aromatic rings. The molecule has 0 radical (unpaired) electrons. The first kappa shape index (κ1) is 20.0. The van der Waals surface area contributed by atoms with Crippen LogP contribution in [-0.4, -0.2) is 54.6 Å². The number of hydrogen-bond donors (Lipinski definition) is 0. The Bertz CT molecular complexity index is 1210. The van der Waals surface area contributed by atoms with Crippen molar-refractivity contribution in [2.24, 2.45) is 0 Å². The smallest absolute Gasteiger partial charge is 0.269 e. The SMILES string of the molecule is O=C(c1cccc2ccccc12)N1CCN(S(=O)(=O)c2ccc([N+](=O)[O-])cc2)CC1. The summed E-state index contributed by atoms with van der Waals surface area (Å²) in [6.45, 7) is 0.869. The van der Waals surface area contributed by atoms with Gasteiger partial charge in [-0.25, -0.2) is 8.42 Å². The monoisotopic (exact) mass is 425 g/mol. The molecule has 1 aliphatic heterocycles. The summed E-state index contributed by atoms with van der Waals surface area (Å²) in [5, 5.41) is 12.6. The summed E-state index contributed by atoms with van der Waals surface area (Å²) >= 11 is 0. The van der Waals surface area contributed by atoms with Gasteiger partial charge < -0.3 is 4.90 Å². The van der Waals surface area contributed by atoms with E-state index in [0.29, 0.717) is 5.56 Å². The predicted octanol–water partition coefficient (Wildman–Crippen LogP) is 2.89. The van der Waals surface area contributed by atoms with Gasteiger partial charge >= 0.3 is 0 Å². The van der Waals surface area contributed by atoms with E-state index in [9.17, 15) is 23.3 Å². The third-order valence-corrected chi connectivity index (χ3v) is 7.14. The van der Waals surface area contributed by atoms with Gasteiger partial charge in [0.25, 0.3) is 11.6 Å². The lowest BCUT2D eigenvalue weighted by molar-refractivity contribution is -0.384. The van der Waals surface area contributed by atoms with Gasteiger partial charge in [-0.05, 0) is 29.0 Å². The van der Waals surface area contributed by atoms with Gasteiger partial charge in [-0.2, -0.15) is 4.31 Å². The number of nitro groups is 1. The van der Waals surface area contributed by atoms with Crippen LogP contribution in [-0.2, 0) is 10.0 Å². The van der Waals surface area contributed by atoms with Crippen LogP contribution in [0.3, 0.4) is 0 Å². The van der Waals surface area contributed by atoms with Crippen LogP contribution in [0.4, 0.5) is 5.69 Å². The summed E-state index contributed by atoms with van der Waals surface area (Å²) < 4.78 is 27.0. The molecule has 1 heterocycles. The van der Waals surface area contributed by atoms with E-state index in [-0.39, 0.29) is 42.7 Å². The second kappa shape index (κ2) is 7.85. The fourth-order valence-electron chi connectivity index (χ4n) is 3.60. The first-order chi connectivity index (χ1) is 14.4. The third-order valence-electron chi connectivity index (χ3n) is 5.23. The van der Waals surface area contributed by atoms with Crippen LogP contribution in [0.5, 0.6) is 0 Å². The highest BCUT2D eigenvalue weighted by Crippen LogP contribution is 2.23. The molecule has 0 atom stereocenters. The van der Waals surface area contributed by atoms with Crippen molar-refractivity contribution in [3.05, 3.63) is 82.4 Å². The summed E-state index contributed by atoms with van der Waals surface area (Å²) in [5.41, 5.74) is 0.430. The number of carbonyl (C=O) groups excluding carboxylic acids is 1. The molecule has 0 unspecified atom stereocenters. The number of amides is 1. The third kappa shape index (κ3) is 3.64. The van der Waals surface area contributed by atoms with E-state index in [2.05, 4.69) is 0 Å². The summed E-state index contributed by atoms with van der Waals surface area (Å²) in [7, 11) is -3.78. The van der Waals surface area contributed by atoms with Gasteiger partial charge in [0, 0.05) is 43.9 Å². The van der Waals surface area contributed by atoms with Crippen molar-refractivity contribution in [1.82, 2.24) is 9.21 Å². The molecule has 0 aromatic heterocycles. The molecule has 1 fully saturated rings. The normalized spacial score (nSPS) is 15.3. The minimum absolute atomic E-state index is 0.00179. The highest BCUT2D eigenvalue weighted by atomic mass is 32.2. The van der Waals surface area contributed by atoms with E-state index < -0.39 is 14.9 Å². The molecular weight excluding hydrogens is 406 g/mol. The molecule has 0 bridgehead atoms. The van der Waals surface area contributed by atoms with E-state index >= 15 is 0 Å². The number of rotatable bonds is 4. The summed E-state index contributed by atoms with van der Waals surface area (Å²) in [4.78, 5) is 24.9. The van der Waals surface area contributed by atoms with Crippen molar-refractivity contribution >= 4 is 32.4 Å². The maximum atomic E-state index is 13.0. The van der Waals surface area contributed by atoms with Crippen LogP contribution in [0.15, 0.2) is 71.6 Å². The van der Waals surface area contributed by atoms with Crippen LogP contribution in [0.25, 0.3) is 10.8 Å². The average Bonchev–Trinajstić information content (AvgIpc) is 2.78. The molecule has 0 spiro atoms. The topological polar surface area (TPSA) is 101 Å². The Hall–Kier alpha value is -3.30. The Kier molecular flexibility index (Phi) is 5.23. The molecule has 1 amide bonds. The number of nitro benzene ring substituents is 1. The van der Waals surface area contributed by atoms with Gasteiger partial charge in [0.05, 0.1) is 9.82 Å². The lowest BCUT2D eigenvalue weighted by atomic mass is 10.0. The van der Waals surface area contributed by atoms with Crippen LogP contribution in [0, 0.1) is 10.1 Å².